The maximum Gasteiger partial charge on any atom is 0.246 e. The molecule has 112 valence electrons. The normalized spacial score (nSPS) is 10.7. The van der Waals surface area contributed by atoms with E-state index in [9.17, 15) is 4.79 Å². The molecule has 0 heterocycles. The molecule has 5 heteroatoms. The third-order valence-corrected chi connectivity index (χ3v) is 2.91. The second kappa shape index (κ2) is 12.1. The molecule has 0 atom stereocenters. The Morgan fingerprint density at radius 1 is 1.05 bits per heavy atom. The van der Waals surface area contributed by atoms with Gasteiger partial charge in [-0.15, -0.1) is 0 Å². The molecule has 0 aromatic carbocycles. The Hall–Kier alpha value is -0.910. The van der Waals surface area contributed by atoms with E-state index in [1.54, 1.807) is 6.92 Å². The molecular formula is C14H28N2O3. The molecule has 0 unspecified atom stereocenters. The Bertz CT molecular complexity index is 251. The zero-order valence-corrected chi connectivity index (χ0v) is 12.0. The van der Waals surface area contributed by atoms with Crippen molar-refractivity contribution < 1.29 is 15.0 Å². The SMILES string of the molecule is C=C(C)C(=O)NCCCCCCN(CCO)CCO. The topological polar surface area (TPSA) is 72.8 Å². The molecule has 0 rings (SSSR count). The number of hydrogen-bond acceptors (Lipinski definition) is 4. The Kier molecular flexibility index (Phi) is 11.6. The highest BCUT2D eigenvalue weighted by Crippen LogP contribution is 2.01. The summed E-state index contributed by atoms with van der Waals surface area (Å²) < 4.78 is 0. The summed E-state index contributed by atoms with van der Waals surface area (Å²) in [5.41, 5.74) is 0.545. The number of aliphatic hydroxyl groups is 2. The van der Waals surface area contributed by atoms with E-state index in [2.05, 4.69) is 16.8 Å². The van der Waals surface area contributed by atoms with Gasteiger partial charge in [-0.25, -0.2) is 0 Å². The van der Waals surface area contributed by atoms with Crippen molar-refractivity contribution in [1.82, 2.24) is 10.2 Å². The van der Waals surface area contributed by atoms with Crippen molar-refractivity contribution in [2.75, 3.05) is 39.4 Å². The van der Waals surface area contributed by atoms with E-state index < -0.39 is 0 Å². The fraction of sp³-hybridized carbons (Fsp3) is 0.786. The van der Waals surface area contributed by atoms with Crippen LogP contribution in [0.1, 0.15) is 32.6 Å². The average molecular weight is 272 g/mol. The minimum atomic E-state index is -0.0722. The van der Waals surface area contributed by atoms with Crippen molar-refractivity contribution in [2.45, 2.75) is 32.6 Å². The van der Waals surface area contributed by atoms with E-state index in [1.807, 2.05) is 0 Å². The van der Waals surface area contributed by atoms with Gasteiger partial charge in [-0.1, -0.05) is 19.4 Å². The van der Waals surface area contributed by atoms with Gasteiger partial charge >= 0.3 is 0 Å². The molecule has 0 radical (unpaired) electrons. The molecule has 0 aliphatic heterocycles. The summed E-state index contributed by atoms with van der Waals surface area (Å²) in [7, 11) is 0. The first-order valence-corrected chi connectivity index (χ1v) is 6.99. The molecule has 0 aromatic rings. The summed E-state index contributed by atoms with van der Waals surface area (Å²) in [5, 5.41) is 20.5. The third kappa shape index (κ3) is 10.7. The lowest BCUT2D eigenvalue weighted by molar-refractivity contribution is -0.117. The number of nitrogens with one attached hydrogen (secondary N) is 1. The summed E-state index contributed by atoms with van der Waals surface area (Å²) in [6.07, 6.45) is 4.19. The number of aliphatic hydroxyl groups excluding tert-OH is 2. The van der Waals surface area contributed by atoms with Crippen LogP contribution in [0.2, 0.25) is 0 Å². The van der Waals surface area contributed by atoms with E-state index >= 15 is 0 Å². The van der Waals surface area contributed by atoms with Crippen molar-refractivity contribution in [2.24, 2.45) is 0 Å². The zero-order valence-electron chi connectivity index (χ0n) is 12.0. The predicted molar refractivity (Wildman–Crippen MR) is 76.9 cm³/mol. The lowest BCUT2D eigenvalue weighted by Crippen LogP contribution is -2.30. The van der Waals surface area contributed by atoms with Gasteiger partial charge in [0.25, 0.3) is 0 Å². The molecule has 3 N–H and O–H groups in total. The summed E-state index contributed by atoms with van der Waals surface area (Å²) in [6, 6.07) is 0. The number of unbranched alkanes of at least 4 members (excludes halogenated alkanes) is 3. The molecule has 1 amide bonds. The average Bonchev–Trinajstić information content (AvgIpc) is 2.37. The Morgan fingerprint density at radius 3 is 2.16 bits per heavy atom. The molecule has 0 aliphatic carbocycles. The minimum Gasteiger partial charge on any atom is -0.395 e. The quantitative estimate of drug-likeness (QED) is 0.358. The van der Waals surface area contributed by atoms with E-state index in [1.165, 1.54) is 0 Å². The van der Waals surface area contributed by atoms with Crippen molar-refractivity contribution in [3.63, 3.8) is 0 Å². The summed E-state index contributed by atoms with van der Waals surface area (Å²) in [4.78, 5) is 13.3. The monoisotopic (exact) mass is 272 g/mol. The third-order valence-electron chi connectivity index (χ3n) is 2.91. The Morgan fingerprint density at radius 2 is 1.63 bits per heavy atom. The highest BCUT2D eigenvalue weighted by molar-refractivity contribution is 5.91. The van der Waals surface area contributed by atoms with Crippen LogP contribution in [-0.4, -0.2) is 60.4 Å². The lowest BCUT2D eigenvalue weighted by atomic mass is 10.2. The van der Waals surface area contributed by atoms with Crippen LogP contribution in [0.3, 0.4) is 0 Å². The van der Waals surface area contributed by atoms with Crippen LogP contribution >= 0.6 is 0 Å². The zero-order chi connectivity index (χ0) is 14.5. The number of carbonyl (C=O) groups excluding carboxylic acids is 1. The first kappa shape index (κ1) is 18.1. The second-order valence-electron chi connectivity index (χ2n) is 4.74. The number of hydrogen-bond donors (Lipinski definition) is 3. The van der Waals surface area contributed by atoms with Crippen molar-refractivity contribution >= 4 is 5.91 Å². The van der Waals surface area contributed by atoms with Gasteiger partial charge in [0.2, 0.25) is 5.91 Å². The molecule has 5 nitrogen and oxygen atoms in total. The molecule has 0 fully saturated rings. The number of rotatable bonds is 12. The van der Waals surface area contributed by atoms with Gasteiger partial charge in [-0.05, 0) is 26.3 Å². The molecule has 0 saturated carbocycles. The summed E-state index contributed by atoms with van der Waals surface area (Å²) in [5.74, 6) is -0.0722. The highest BCUT2D eigenvalue weighted by atomic mass is 16.3. The summed E-state index contributed by atoms with van der Waals surface area (Å²) >= 11 is 0. The van der Waals surface area contributed by atoms with Crippen LogP contribution in [0, 0.1) is 0 Å². The molecule has 0 bridgehead atoms. The van der Waals surface area contributed by atoms with Gasteiger partial charge in [0, 0.05) is 25.2 Å². The Labute approximate surface area is 116 Å². The van der Waals surface area contributed by atoms with Gasteiger partial charge in [0.1, 0.15) is 0 Å². The standard InChI is InChI=1S/C14H28N2O3/c1-13(2)14(19)15-7-5-3-4-6-8-16(9-11-17)10-12-18/h17-18H,1,3-12H2,2H3,(H,15,19). The minimum absolute atomic E-state index is 0.0722. The van der Waals surface area contributed by atoms with Crippen LogP contribution < -0.4 is 5.32 Å². The largest absolute Gasteiger partial charge is 0.395 e. The van der Waals surface area contributed by atoms with Crippen LogP contribution in [-0.2, 0) is 4.79 Å². The molecule has 0 aromatic heterocycles. The second-order valence-corrected chi connectivity index (χ2v) is 4.74. The van der Waals surface area contributed by atoms with Crippen molar-refractivity contribution in [3.8, 4) is 0 Å². The smallest absolute Gasteiger partial charge is 0.246 e. The highest BCUT2D eigenvalue weighted by Gasteiger charge is 2.03. The van der Waals surface area contributed by atoms with E-state index in [4.69, 9.17) is 10.2 Å². The van der Waals surface area contributed by atoms with Crippen molar-refractivity contribution in [3.05, 3.63) is 12.2 Å². The molecular weight excluding hydrogens is 244 g/mol. The van der Waals surface area contributed by atoms with Gasteiger partial charge < -0.3 is 15.5 Å². The van der Waals surface area contributed by atoms with Gasteiger partial charge in [-0.3, -0.25) is 9.69 Å². The first-order valence-electron chi connectivity index (χ1n) is 6.99. The molecule has 0 spiro atoms. The maximum atomic E-state index is 11.2. The van der Waals surface area contributed by atoms with Gasteiger partial charge in [0.15, 0.2) is 0 Å². The molecule has 0 aliphatic rings. The van der Waals surface area contributed by atoms with Gasteiger partial charge in [0.05, 0.1) is 13.2 Å². The number of carbonyl (C=O) groups is 1. The van der Waals surface area contributed by atoms with Crippen LogP contribution in [0.5, 0.6) is 0 Å². The van der Waals surface area contributed by atoms with E-state index in [-0.39, 0.29) is 19.1 Å². The maximum absolute atomic E-state index is 11.2. The molecule has 0 saturated heterocycles. The van der Waals surface area contributed by atoms with E-state index in [0.29, 0.717) is 25.2 Å². The lowest BCUT2D eigenvalue weighted by Gasteiger charge is -2.19. The number of nitrogens with zero attached hydrogens (tertiary/aromatic N) is 1. The van der Waals surface area contributed by atoms with Crippen molar-refractivity contribution in [1.29, 1.82) is 0 Å². The van der Waals surface area contributed by atoms with Crippen LogP contribution in [0.4, 0.5) is 0 Å². The van der Waals surface area contributed by atoms with Crippen LogP contribution in [0.25, 0.3) is 0 Å². The van der Waals surface area contributed by atoms with Gasteiger partial charge in [-0.2, -0.15) is 0 Å². The summed E-state index contributed by atoms with van der Waals surface area (Å²) in [6.45, 7) is 8.38. The fourth-order valence-corrected chi connectivity index (χ4v) is 1.79. The van der Waals surface area contributed by atoms with E-state index in [0.717, 1.165) is 32.2 Å². The first-order chi connectivity index (χ1) is 9.11. The Balaban J connectivity index is 3.43. The number of amides is 1. The predicted octanol–water partition coefficient (Wildman–Crippen LogP) is 0.526. The fourth-order valence-electron chi connectivity index (χ4n) is 1.79. The molecule has 19 heavy (non-hydrogen) atoms. The van der Waals surface area contributed by atoms with Crippen LogP contribution in [0.15, 0.2) is 12.2 Å².